The van der Waals surface area contributed by atoms with E-state index in [0.717, 1.165) is 54.5 Å². The Balaban J connectivity index is 2.17. The number of nitrogens with zero attached hydrogens (tertiary/aromatic N) is 2. The van der Waals surface area contributed by atoms with Crippen molar-refractivity contribution in [1.29, 1.82) is 0 Å². The van der Waals surface area contributed by atoms with E-state index in [0.29, 0.717) is 23.4 Å². The number of fused-ring (bicyclic) bond motifs is 3. The van der Waals surface area contributed by atoms with Gasteiger partial charge in [0.2, 0.25) is 0 Å². The van der Waals surface area contributed by atoms with Gasteiger partial charge in [0.25, 0.3) is 5.91 Å². The highest BCUT2D eigenvalue weighted by molar-refractivity contribution is 6.02. The van der Waals surface area contributed by atoms with Crippen molar-refractivity contribution in [3.05, 3.63) is 46.5 Å². The Kier molecular flexibility index (Phi) is 7.19. The normalized spacial score (nSPS) is 14.0. The number of carbonyl (C=O) groups excluding carboxylic acids is 1. The highest BCUT2D eigenvalue weighted by Gasteiger charge is 2.36. The largest absolute Gasteiger partial charge is 0.506 e. The molecule has 1 heterocycles. The van der Waals surface area contributed by atoms with Gasteiger partial charge in [0.1, 0.15) is 17.1 Å². The van der Waals surface area contributed by atoms with Crippen molar-refractivity contribution in [2.24, 2.45) is 0 Å². The zero-order chi connectivity index (χ0) is 23.6. The molecule has 5 nitrogen and oxygen atoms in total. The van der Waals surface area contributed by atoms with Crippen LogP contribution in [0, 0.1) is 6.92 Å². The summed E-state index contributed by atoms with van der Waals surface area (Å²) in [5.41, 5.74) is 4.46. The number of phenolic OH excluding ortho intramolecular Hbond substituents is 1. The van der Waals surface area contributed by atoms with Gasteiger partial charge in [-0.3, -0.25) is 4.79 Å². The second-order valence-electron chi connectivity index (χ2n) is 9.78. The van der Waals surface area contributed by atoms with Crippen LogP contribution in [0.2, 0.25) is 0 Å². The summed E-state index contributed by atoms with van der Waals surface area (Å²) in [5, 5.41) is 11.5. The van der Waals surface area contributed by atoms with E-state index in [1.165, 1.54) is 0 Å². The fraction of sp³-hybridized carbons (Fsp3) is 0.519. The molecule has 0 radical (unpaired) electrons. The monoisotopic (exact) mass is 438 g/mol. The molecule has 0 saturated heterocycles. The lowest BCUT2D eigenvalue weighted by Crippen LogP contribution is -2.34. The van der Waals surface area contributed by atoms with Crippen LogP contribution in [0.3, 0.4) is 0 Å². The van der Waals surface area contributed by atoms with Crippen molar-refractivity contribution in [2.75, 3.05) is 34.2 Å². The summed E-state index contributed by atoms with van der Waals surface area (Å²) in [5.74, 6) is 0.556. The van der Waals surface area contributed by atoms with E-state index in [-0.39, 0.29) is 11.7 Å². The first-order chi connectivity index (χ1) is 15.1. The minimum Gasteiger partial charge on any atom is -0.506 e. The van der Waals surface area contributed by atoms with E-state index in [1.807, 2.05) is 45.8 Å². The molecular formula is C27H38N2O3. The van der Waals surface area contributed by atoms with Crippen LogP contribution in [0.25, 0.3) is 11.1 Å². The highest BCUT2D eigenvalue weighted by Crippen LogP contribution is 2.51. The number of amides is 1. The van der Waals surface area contributed by atoms with Gasteiger partial charge in [0.05, 0.1) is 11.1 Å². The molecule has 5 heteroatoms. The molecule has 1 aliphatic heterocycles. The fourth-order valence-corrected chi connectivity index (χ4v) is 4.40. The number of hydrogen-bond acceptors (Lipinski definition) is 4. The predicted octanol–water partition coefficient (Wildman–Crippen LogP) is 5.36. The van der Waals surface area contributed by atoms with Crippen LogP contribution < -0.4 is 4.74 Å². The van der Waals surface area contributed by atoms with E-state index in [9.17, 15) is 9.90 Å². The summed E-state index contributed by atoms with van der Waals surface area (Å²) in [6.07, 6.45) is 3.88. The van der Waals surface area contributed by atoms with Crippen molar-refractivity contribution in [1.82, 2.24) is 9.80 Å². The van der Waals surface area contributed by atoms with Gasteiger partial charge in [-0.15, -0.1) is 0 Å². The third-order valence-electron chi connectivity index (χ3n) is 6.30. The third-order valence-corrected chi connectivity index (χ3v) is 6.30. The Morgan fingerprint density at radius 3 is 2.47 bits per heavy atom. The van der Waals surface area contributed by atoms with Crippen LogP contribution >= 0.6 is 0 Å². The maximum absolute atomic E-state index is 13.5. The molecule has 0 aliphatic carbocycles. The summed E-state index contributed by atoms with van der Waals surface area (Å²) in [6.45, 7) is 9.66. The molecule has 2 aromatic rings. The number of ether oxygens (including phenoxy) is 1. The third kappa shape index (κ3) is 4.78. The van der Waals surface area contributed by atoms with Crippen LogP contribution in [-0.4, -0.2) is 55.0 Å². The Hall–Kier alpha value is -2.53. The summed E-state index contributed by atoms with van der Waals surface area (Å²) in [4.78, 5) is 17.3. The number of phenols is 1. The topological polar surface area (TPSA) is 53.0 Å². The maximum Gasteiger partial charge on any atom is 0.257 e. The van der Waals surface area contributed by atoms with Crippen LogP contribution in [0.4, 0.5) is 0 Å². The zero-order valence-corrected chi connectivity index (χ0v) is 20.7. The average molecular weight is 439 g/mol. The second kappa shape index (κ2) is 9.53. The molecule has 0 aromatic heterocycles. The first-order valence-electron chi connectivity index (χ1n) is 11.7. The molecular weight excluding hydrogens is 400 g/mol. The molecule has 0 spiro atoms. The number of hydrogen-bond donors (Lipinski definition) is 1. The van der Waals surface area contributed by atoms with Gasteiger partial charge in [0.15, 0.2) is 0 Å². The molecule has 0 unspecified atom stereocenters. The van der Waals surface area contributed by atoms with Gasteiger partial charge in [-0.2, -0.15) is 0 Å². The van der Waals surface area contributed by atoms with E-state index in [1.54, 1.807) is 11.9 Å². The average Bonchev–Trinajstić information content (AvgIpc) is 2.70. The molecule has 1 N–H and O–H groups in total. The van der Waals surface area contributed by atoms with Gasteiger partial charge < -0.3 is 19.6 Å². The molecule has 0 atom stereocenters. The van der Waals surface area contributed by atoms with E-state index < -0.39 is 5.60 Å². The lowest BCUT2D eigenvalue weighted by atomic mass is 9.83. The van der Waals surface area contributed by atoms with Crippen LogP contribution in [0.5, 0.6) is 11.5 Å². The number of rotatable bonds is 8. The Bertz CT molecular complexity index is 995. The van der Waals surface area contributed by atoms with E-state index in [2.05, 4.69) is 25.1 Å². The van der Waals surface area contributed by atoms with Crippen LogP contribution in [-0.2, 0) is 12.0 Å². The lowest BCUT2D eigenvalue weighted by molar-refractivity contribution is 0.0781. The first kappa shape index (κ1) is 24.1. The number of carbonyl (C=O) groups is 1. The number of likely N-dealkylation sites (N-methyl/N-ethyl adjacent to an activating group) is 2. The Labute approximate surface area is 193 Å². The highest BCUT2D eigenvalue weighted by atomic mass is 16.5. The van der Waals surface area contributed by atoms with E-state index >= 15 is 0 Å². The van der Waals surface area contributed by atoms with Crippen molar-refractivity contribution in [3.8, 4) is 22.6 Å². The maximum atomic E-state index is 13.5. The molecule has 3 rings (SSSR count). The minimum atomic E-state index is -0.517. The summed E-state index contributed by atoms with van der Waals surface area (Å²) in [7, 11) is 5.78. The molecule has 32 heavy (non-hydrogen) atoms. The number of aromatic hydroxyl groups is 1. The lowest BCUT2D eigenvalue weighted by Gasteiger charge is -2.36. The van der Waals surface area contributed by atoms with E-state index in [4.69, 9.17) is 4.74 Å². The Morgan fingerprint density at radius 1 is 1.09 bits per heavy atom. The number of benzene rings is 2. The molecule has 0 bridgehead atoms. The molecule has 0 fully saturated rings. The van der Waals surface area contributed by atoms with Gasteiger partial charge in [-0.25, -0.2) is 0 Å². The quantitative estimate of drug-likeness (QED) is 0.564. The van der Waals surface area contributed by atoms with Gasteiger partial charge in [-0.1, -0.05) is 43.5 Å². The standard InChI is InChI=1S/C27H38N2O3/c1-8-9-10-11-19-17-22-24(20-16-18(2)12-13-21(20)27(3,4)32-22)25(30)23(19)26(31)29(7)15-14-28(5)6/h12-13,16-17,30H,8-11,14-15H2,1-7H3. The number of unbranched alkanes of at least 4 members (excludes halogenated alkanes) is 2. The zero-order valence-electron chi connectivity index (χ0n) is 20.7. The SMILES string of the molecule is CCCCCc1cc2c(c(O)c1C(=O)N(C)CCN(C)C)-c1cc(C)ccc1C(C)(C)O2. The minimum absolute atomic E-state index is 0.0399. The van der Waals surface area contributed by atoms with Crippen LogP contribution in [0.15, 0.2) is 24.3 Å². The second-order valence-corrected chi connectivity index (χ2v) is 9.78. The summed E-state index contributed by atoms with van der Waals surface area (Å²) >= 11 is 0. The van der Waals surface area contributed by atoms with Crippen molar-refractivity contribution >= 4 is 5.91 Å². The summed E-state index contributed by atoms with van der Waals surface area (Å²) in [6, 6.07) is 8.20. The van der Waals surface area contributed by atoms with Gasteiger partial charge in [0, 0.05) is 25.7 Å². The van der Waals surface area contributed by atoms with Crippen LogP contribution in [0.1, 0.15) is 67.1 Å². The molecule has 2 aromatic carbocycles. The van der Waals surface area contributed by atoms with Gasteiger partial charge >= 0.3 is 0 Å². The van der Waals surface area contributed by atoms with Crippen molar-refractivity contribution < 1.29 is 14.6 Å². The smallest absolute Gasteiger partial charge is 0.257 e. The molecule has 1 aliphatic rings. The fourth-order valence-electron chi connectivity index (χ4n) is 4.40. The number of aryl methyl sites for hydroxylation is 2. The van der Waals surface area contributed by atoms with Crippen molar-refractivity contribution in [2.45, 2.75) is 59.0 Å². The predicted molar refractivity (Wildman–Crippen MR) is 131 cm³/mol. The van der Waals surface area contributed by atoms with Crippen molar-refractivity contribution in [3.63, 3.8) is 0 Å². The first-order valence-corrected chi connectivity index (χ1v) is 11.7. The molecule has 174 valence electrons. The Morgan fingerprint density at radius 2 is 1.81 bits per heavy atom. The molecule has 0 saturated carbocycles. The van der Waals surface area contributed by atoms with Gasteiger partial charge in [-0.05, 0) is 64.9 Å². The molecule has 1 amide bonds. The summed E-state index contributed by atoms with van der Waals surface area (Å²) < 4.78 is 6.40.